The summed E-state index contributed by atoms with van der Waals surface area (Å²) < 4.78 is 32.6. The number of aromatic nitrogens is 2. The van der Waals surface area contributed by atoms with Crippen molar-refractivity contribution in [2.24, 2.45) is 0 Å². The zero-order valence-corrected chi connectivity index (χ0v) is 13.1. The summed E-state index contributed by atoms with van der Waals surface area (Å²) in [6.07, 6.45) is 1.34. The van der Waals surface area contributed by atoms with Gasteiger partial charge in [-0.2, -0.15) is 0 Å². The number of hydrogen-bond donors (Lipinski definition) is 1. The SMILES string of the molecule is COC(=O)c1ccc(NC(=O)Cn2cnc3cc(F)c(F)cc32)cc1. The first kappa shape index (κ1) is 16.6. The lowest BCUT2D eigenvalue weighted by atomic mass is 10.2. The number of imidazole rings is 1. The zero-order chi connectivity index (χ0) is 18.0. The molecule has 0 bridgehead atoms. The summed E-state index contributed by atoms with van der Waals surface area (Å²) in [5.41, 5.74) is 1.42. The van der Waals surface area contributed by atoms with Crippen molar-refractivity contribution in [1.29, 1.82) is 0 Å². The maximum absolute atomic E-state index is 13.4. The van der Waals surface area contributed by atoms with Crippen LogP contribution in [0.5, 0.6) is 0 Å². The molecule has 1 N–H and O–H groups in total. The molecule has 6 nitrogen and oxygen atoms in total. The minimum Gasteiger partial charge on any atom is -0.465 e. The Bertz CT molecular complexity index is 952. The van der Waals surface area contributed by atoms with Crippen molar-refractivity contribution in [3.05, 3.63) is 59.9 Å². The molecule has 0 aliphatic rings. The number of benzene rings is 2. The van der Waals surface area contributed by atoms with Gasteiger partial charge in [-0.1, -0.05) is 0 Å². The van der Waals surface area contributed by atoms with Gasteiger partial charge < -0.3 is 14.6 Å². The fraction of sp³-hybridized carbons (Fsp3) is 0.118. The topological polar surface area (TPSA) is 73.2 Å². The molecule has 1 aromatic heterocycles. The highest BCUT2D eigenvalue weighted by molar-refractivity contribution is 5.93. The van der Waals surface area contributed by atoms with Gasteiger partial charge in [0.05, 0.1) is 30.0 Å². The number of amides is 1. The molecule has 0 aliphatic carbocycles. The number of nitrogens with zero attached hydrogens (tertiary/aromatic N) is 2. The van der Waals surface area contributed by atoms with Gasteiger partial charge in [0.25, 0.3) is 0 Å². The number of ether oxygens (including phenoxy) is 1. The molecule has 0 spiro atoms. The second-order valence-electron chi connectivity index (χ2n) is 5.24. The van der Waals surface area contributed by atoms with Gasteiger partial charge in [0.15, 0.2) is 11.6 Å². The molecule has 0 unspecified atom stereocenters. The van der Waals surface area contributed by atoms with Crippen LogP contribution in [0.25, 0.3) is 11.0 Å². The van der Waals surface area contributed by atoms with E-state index in [1.165, 1.54) is 30.1 Å². The Kier molecular flexibility index (Phi) is 4.42. The van der Waals surface area contributed by atoms with E-state index in [1.54, 1.807) is 12.1 Å². The largest absolute Gasteiger partial charge is 0.465 e. The molecular weight excluding hydrogens is 332 g/mol. The van der Waals surface area contributed by atoms with Crippen molar-refractivity contribution in [1.82, 2.24) is 9.55 Å². The van der Waals surface area contributed by atoms with Gasteiger partial charge in [0.1, 0.15) is 6.54 Å². The van der Waals surface area contributed by atoms with Gasteiger partial charge in [-0.25, -0.2) is 18.6 Å². The lowest BCUT2D eigenvalue weighted by molar-refractivity contribution is -0.116. The fourth-order valence-electron chi connectivity index (χ4n) is 2.34. The van der Waals surface area contributed by atoms with Gasteiger partial charge in [0, 0.05) is 17.8 Å². The Morgan fingerprint density at radius 3 is 2.52 bits per heavy atom. The number of nitrogens with one attached hydrogen (secondary N) is 1. The summed E-state index contributed by atoms with van der Waals surface area (Å²) in [6, 6.07) is 8.13. The molecule has 0 saturated carbocycles. The Balaban J connectivity index is 1.72. The Hall–Kier alpha value is -3.29. The number of hydrogen-bond acceptors (Lipinski definition) is 4. The number of carbonyl (C=O) groups is 2. The van der Waals surface area contributed by atoms with Crippen LogP contribution in [-0.4, -0.2) is 28.5 Å². The van der Waals surface area contributed by atoms with Crippen LogP contribution in [0.4, 0.5) is 14.5 Å². The zero-order valence-electron chi connectivity index (χ0n) is 13.1. The van der Waals surface area contributed by atoms with E-state index in [4.69, 9.17) is 0 Å². The number of methoxy groups -OCH3 is 1. The number of anilines is 1. The monoisotopic (exact) mass is 345 g/mol. The third-order valence-electron chi connectivity index (χ3n) is 3.57. The maximum Gasteiger partial charge on any atom is 0.337 e. The van der Waals surface area contributed by atoms with Crippen LogP contribution < -0.4 is 5.32 Å². The van der Waals surface area contributed by atoms with E-state index in [9.17, 15) is 18.4 Å². The van der Waals surface area contributed by atoms with Crippen molar-refractivity contribution < 1.29 is 23.1 Å². The van der Waals surface area contributed by atoms with Crippen LogP contribution in [0.3, 0.4) is 0 Å². The summed E-state index contributed by atoms with van der Waals surface area (Å²) >= 11 is 0. The van der Waals surface area contributed by atoms with Gasteiger partial charge in [-0.05, 0) is 24.3 Å². The molecule has 3 rings (SSSR count). The van der Waals surface area contributed by atoms with Crippen LogP contribution in [0, 0.1) is 11.6 Å². The van der Waals surface area contributed by atoms with Crippen molar-refractivity contribution >= 4 is 28.6 Å². The molecule has 0 atom stereocenters. The molecule has 2 aromatic carbocycles. The standard InChI is InChI=1S/C17H13F2N3O3/c1-25-17(24)10-2-4-11(5-3-10)21-16(23)8-22-9-20-14-6-12(18)13(19)7-15(14)22/h2-7,9H,8H2,1H3,(H,21,23). The highest BCUT2D eigenvalue weighted by atomic mass is 19.2. The normalized spacial score (nSPS) is 10.7. The second-order valence-corrected chi connectivity index (χ2v) is 5.24. The number of esters is 1. The van der Waals surface area contributed by atoms with Crippen molar-refractivity contribution in [2.45, 2.75) is 6.54 Å². The van der Waals surface area contributed by atoms with Crippen molar-refractivity contribution in [3.63, 3.8) is 0 Å². The minimum absolute atomic E-state index is 0.125. The summed E-state index contributed by atoms with van der Waals surface area (Å²) in [4.78, 5) is 27.4. The summed E-state index contributed by atoms with van der Waals surface area (Å²) in [7, 11) is 1.28. The maximum atomic E-state index is 13.4. The van der Waals surface area contributed by atoms with Crippen molar-refractivity contribution in [3.8, 4) is 0 Å². The van der Waals surface area contributed by atoms with Crippen LogP contribution >= 0.6 is 0 Å². The minimum atomic E-state index is -1.01. The molecule has 0 fully saturated rings. The van der Waals surface area contributed by atoms with E-state index in [0.29, 0.717) is 16.8 Å². The highest BCUT2D eigenvalue weighted by Crippen LogP contribution is 2.18. The fourth-order valence-corrected chi connectivity index (χ4v) is 2.34. The molecule has 0 radical (unpaired) electrons. The summed E-state index contributed by atoms with van der Waals surface area (Å²) in [5.74, 6) is -2.85. The predicted octanol–water partition coefficient (Wildman–Crippen LogP) is 2.74. The van der Waals surface area contributed by atoms with E-state index >= 15 is 0 Å². The van der Waals surface area contributed by atoms with Crippen molar-refractivity contribution in [2.75, 3.05) is 12.4 Å². The molecule has 1 heterocycles. The number of rotatable bonds is 4. The van der Waals surface area contributed by atoms with Gasteiger partial charge in [-0.3, -0.25) is 4.79 Å². The van der Waals surface area contributed by atoms with Crippen LogP contribution in [0.1, 0.15) is 10.4 Å². The molecule has 0 aliphatic heterocycles. The van der Waals surface area contributed by atoms with Gasteiger partial charge in [-0.15, -0.1) is 0 Å². The molecule has 1 amide bonds. The van der Waals surface area contributed by atoms with E-state index < -0.39 is 17.6 Å². The van der Waals surface area contributed by atoms with E-state index in [1.807, 2.05) is 0 Å². The number of fused-ring (bicyclic) bond motifs is 1. The molecular formula is C17H13F2N3O3. The first-order chi connectivity index (χ1) is 12.0. The first-order valence-corrected chi connectivity index (χ1v) is 7.26. The predicted molar refractivity (Wildman–Crippen MR) is 86.1 cm³/mol. The number of halogens is 2. The molecule has 3 aromatic rings. The van der Waals surface area contributed by atoms with Crippen LogP contribution in [0.15, 0.2) is 42.7 Å². The number of carbonyl (C=O) groups excluding carboxylic acids is 2. The van der Waals surface area contributed by atoms with E-state index in [2.05, 4.69) is 15.0 Å². The smallest absolute Gasteiger partial charge is 0.337 e. The highest BCUT2D eigenvalue weighted by Gasteiger charge is 2.12. The third kappa shape index (κ3) is 3.47. The lowest BCUT2D eigenvalue weighted by Crippen LogP contribution is -2.18. The van der Waals surface area contributed by atoms with E-state index in [-0.39, 0.29) is 18.0 Å². The average molecular weight is 345 g/mol. The lowest BCUT2D eigenvalue weighted by Gasteiger charge is -2.07. The molecule has 8 heteroatoms. The summed E-state index contributed by atoms with van der Waals surface area (Å²) in [6.45, 7) is -0.125. The Morgan fingerprint density at radius 1 is 1.16 bits per heavy atom. The Morgan fingerprint density at radius 2 is 1.84 bits per heavy atom. The third-order valence-corrected chi connectivity index (χ3v) is 3.57. The van der Waals surface area contributed by atoms with Crippen LogP contribution in [0.2, 0.25) is 0 Å². The second kappa shape index (κ2) is 6.68. The van der Waals surface area contributed by atoms with Gasteiger partial charge in [0.2, 0.25) is 5.91 Å². The van der Waals surface area contributed by atoms with Crippen LogP contribution in [-0.2, 0) is 16.1 Å². The average Bonchev–Trinajstić information content (AvgIpc) is 2.97. The van der Waals surface area contributed by atoms with E-state index in [0.717, 1.165) is 12.1 Å². The Labute approximate surface area is 141 Å². The molecule has 0 saturated heterocycles. The molecule has 25 heavy (non-hydrogen) atoms. The summed E-state index contributed by atoms with van der Waals surface area (Å²) in [5, 5.41) is 2.65. The quantitative estimate of drug-likeness (QED) is 0.738. The molecule has 128 valence electrons. The first-order valence-electron chi connectivity index (χ1n) is 7.26. The van der Waals surface area contributed by atoms with Gasteiger partial charge >= 0.3 is 5.97 Å².